The number of pyridine rings is 1. The number of aromatic nitrogens is 3. The van der Waals surface area contributed by atoms with Crippen LogP contribution < -0.4 is 26.8 Å². The number of carbonyl (C=O) groups excluding carboxylic acids is 1. The van der Waals surface area contributed by atoms with E-state index in [2.05, 4.69) is 15.6 Å². The first-order valence-corrected chi connectivity index (χ1v) is 9.08. The Balaban J connectivity index is 2.00. The van der Waals surface area contributed by atoms with E-state index in [1.165, 1.54) is 11.6 Å². The molecule has 9 heteroatoms. The van der Waals surface area contributed by atoms with Crippen LogP contribution in [0.1, 0.15) is 5.56 Å². The Labute approximate surface area is 167 Å². The molecule has 0 spiro atoms. The van der Waals surface area contributed by atoms with Crippen molar-refractivity contribution in [3.63, 3.8) is 0 Å². The van der Waals surface area contributed by atoms with Crippen LogP contribution in [-0.4, -0.2) is 40.7 Å². The van der Waals surface area contributed by atoms with E-state index < -0.39 is 11.2 Å². The molecule has 3 rings (SSSR count). The molecular weight excluding hydrogens is 372 g/mol. The molecule has 1 aromatic carbocycles. The summed E-state index contributed by atoms with van der Waals surface area (Å²) in [5.74, 6) is 0.305. The molecule has 152 valence electrons. The highest BCUT2D eigenvalue weighted by Crippen LogP contribution is 2.23. The van der Waals surface area contributed by atoms with Crippen LogP contribution in [-0.2, 0) is 18.9 Å². The second-order valence-electron chi connectivity index (χ2n) is 7.04. The van der Waals surface area contributed by atoms with E-state index in [1.807, 2.05) is 45.3 Å². The smallest absolute Gasteiger partial charge is 0.332 e. The van der Waals surface area contributed by atoms with Gasteiger partial charge in [-0.1, -0.05) is 18.2 Å². The van der Waals surface area contributed by atoms with Crippen molar-refractivity contribution in [2.24, 2.45) is 14.1 Å². The number of carbonyl (C=O) groups is 1. The molecule has 0 aliphatic rings. The Hall–Kier alpha value is -3.62. The molecule has 0 aliphatic carbocycles. The van der Waals surface area contributed by atoms with Crippen molar-refractivity contribution in [2.75, 3.05) is 36.2 Å². The molecule has 29 heavy (non-hydrogen) atoms. The fraction of sp³-hybridized carbons (Fsp3) is 0.300. The number of aryl methyl sites for hydroxylation is 2. The molecule has 0 saturated carbocycles. The number of hydrogen-bond acceptors (Lipinski definition) is 6. The number of amides is 1. The quantitative estimate of drug-likeness (QED) is 0.669. The Morgan fingerprint density at radius 2 is 1.79 bits per heavy atom. The van der Waals surface area contributed by atoms with Crippen LogP contribution >= 0.6 is 0 Å². The van der Waals surface area contributed by atoms with E-state index in [9.17, 15) is 14.4 Å². The molecule has 0 bridgehead atoms. The monoisotopic (exact) mass is 396 g/mol. The first-order valence-electron chi connectivity index (χ1n) is 9.08. The van der Waals surface area contributed by atoms with E-state index in [4.69, 9.17) is 0 Å². The summed E-state index contributed by atoms with van der Waals surface area (Å²) < 4.78 is 2.35. The third kappa shape index (κ3) is 3.84. The zero-order valence-electron chi connectivity index (χ0n) is 17.1. The minimum absolute atomic E-state index is 0.0493. The van der Waals surface area contributed by atoms with Gasteiger partial charge in [-0.2, -0.15) is 0 Å². The number of fused-ring (bicyclic) bond motifs is 1. The molecule has 2 N–H and O–H groups in total. The van der Waals surface area contributed by atoms with Gasteiger partial charge in [0.05, 0.1) is 12.2 Å². The van der Waals surface area contributed by atoms with Crippen LogP contribution in [0, 0.1) is 6.92 Å². The average Bonchev–Trinajstić information content (AvgIpc) is 2.70. The van der Waals surface area contributed by atoms with Gasteiger partial charge in [0, 0.05) is 39.9 Å². The number of anilines is 3. The van der Waals surface area contributed by atoms with Crippen molar-refractivity contribution < 1.29 is 4.79 Å². The third-order valence-electron chi connectivity index (χ3n) is 4.71. The predicted octanol–water partition coefficient (Wildman–Crippen LogP) is 1.06. The highest BCUT2D eigenvalue weighted by molar-refractivity contribution is 5.97. The van der Waals surface area contributed by atoms with E-state index in [-0.39, 0.29) is 23.5 Å². The summed E-state index contributed by atoms with van der Waals surface area (Å²) in [5, 5.41) is 6.13. The van der Waals surface area contributed by atoms with E-state index >= 15 is 0 Å². The summed E-state index contributed by atoms with van der Waals surface area (Å²) in [6, 6.07) is 9.17. The SMILES string of the molecule is Cc1ccccc1NC(=O)CNc1cc(N(C)C)nc2c1c(=O)n(C)c(=O)n2C. The lowest BCUT2D eigenvalue weighted by molar-refractivity contribution is -0.114. The fourth-order valence-corrected chi connectivity index (χ4v) is 2.99. The molecule has 0 radical (unpaired) electrons. The third-order valence-corrected chi connectivity index (χ3v) is 4.71. The van der Waals surface area contributed by atoms with Crippen molar-refractivity contribution in [3.05, 3.63) is 56.7 Å². The summed E-state index contributed by atoms with van der Waals surface area (Å²) in [7, 11) is 6.59. The van der Waals surface area contributed by atoms with E-state index in [1.54, 1.807) is 18.0 Å². The molecule has 0 unspecified atom stereocenters. The second kappa shape index (κ2) is 7.78. The van der Waals surface area contributed by atoms with Gasteiger partial charge in [0.2, 0.25) is 5.91 Å². The summed E-state index contributed by atoms with van der Waals surface area (Å²) in [5.41, 5.74) is 1.44. The molecule has 2 aromatic heterocycles. The van der Waals surface area contributed by atoms with Gasteiger partial charge in [-0.15, -0.1) is 0 Å². The van der Waals surface area contributed by atoms with Gasteiger partial charge in [0.1, 0.15) is 11.2 Å². The van der Waals surface area contributed by atoms with Crippen molar-refractivity contribution in [1.82, 2.24) is 14.1 Å². The largest absolute Gasteiger partial charge is 0.375 e. The number of nitrogens with one attached hydrogen (secondary N) is 2. The lowest BCUT2D eigenvalue weighted by Gasteiger charge is -2.17. The maximum Gasteiger partial charge on any atom is 0.332 e. The maximum atomic E-state index is 12.7. The molecule has 1 amide bonds. The first-order chi connectivity index (χ1) is 13.7. The number of hydrogen-bond donors (Lipinski definition) is 2. The molecule has 9 nitrogen and oxygen atoms in total. The zero-order chi connectivity index (χ0) is 21.3. The molecule has 3 aromatic rings. The molecule has 0 fully saturated rings. The van der Waals surface area contributed by atoms with Crippen molar-refractivity contribution >= 4 is 34.1 Å². The fourth-order valence-electron chi connectivity index (χ4n) is 2.99. The van der Waals surface area contributed by atoms with E-state index in [0.717, 1.165) is 15.8 Å². The Morgan fingerprint density at radius 3 is 2.45 bits per heavy atom. The Morgan fingerprint density at radius 1 is 1.10 bits per heavy atom. The molecule has 2 heterocycles. The van der Waals surface area contributed by atoms with Crippen LogP contribution in [0.15, 0.2) is 39.9 Å². The lowest BCUT2D eigenvalue weighted by atomic mass is 10.2. The van der Waals surface area contributed by atoms with Crippen molar-refractivity contribution in [3.8, 4) is 0 Å². The van der Waals surface area contributed by atoms with Crippen LogP contribution in [0.3, 0.4) is 0 Å². The van der Waals surface area contributed by atoms with Gasteiger partial charge < -0.3 is 15.5 Å². The minimum Gasteiger partial charge on any atom is -0.375 e. The molecule has 0 saturated heterocycles. The summed E-state index contributed by atoms with van der Waals surface area (Å²) in [4.78, 5) is 43.7. The second-order valence-corrected chi connectivity index (χ2v) is 7.04. The summed E-state index contributed by atoms with van der Waals surface area (Å²) >= 11 is 0. The van der Waals surface area contributed by atoms with Crippen LogP contribution in [0.5, 0.6) is 0 Å². The average molecular weight is 396 g/mol. The minimum atomic E-state index is -0.470. The highest BCUT2D eigenvalue weighted by atomic mass is 16.2. The first kappa shape index (κ1) is 20.1. The molecular formula is C20H24N6O3. The van der Waals surface area contributed by atoms with Crippen LogP contribution in [0.2, 0.25) is 0 Å². The number of rotatable bonds is 5. The number of benzene rings is 1. The number of nitrogens with zero attached hydrogens (tertiary/aromatic N) is 4. The maximum absolute atomic E-state index is 12.7. The van der Waals surface area contributed by atoms with Gasteiger partial charge in [-0.05, 0) is 18.6 Å². The Bertz CT molecular complexity index is 1210. The van der Waals surface area contributed by atoms with Gasteiger partial charge in [0.15, 0.2) is 5.65 Å². The zero-order valence-corrected chi connectivity index (χ0v) is 17.1. The highest BCUT2D eigenvalue weighted by Gasteiger charge is 2.17. The Kier molecular flexibility index (Phi) is 5.40. The van der Waals surface area contributed by atoms with Gasteiger partial charge in [0.25, 0.3) is 5.56 Å². The van der Waals surface area contributed by atoms with Gasteiger partial charge in [-0.25, -0.2) is 9.78 Å². The summed E-state index contributed by atoms with van der Waals surface area (Å²) in [6.45, 7) is 1.86. The number of para-hydroxylation sites is 1. The topological polar surface area (TPSA) is 101 Å². The molecule has 0 atom stereocenters. The molecule has 0 aliphatic heterocycles. The van der Waals surface area contributed by atoms with Crippen LogP contribution in [0.25, 0.3) is 11.0 Å². The summed E-state index contributed by atoms with van der Waals surface area (Å²) in [6.07, 6.45) is 0. The lowest BCUT2D eigenvalue weighted by Crippen LogP contribution is -2.38. The standard InChI is InChI=1S/C20H24N6O3/c1-12-8-6-7-9-13(12)22-16(27)11-21-14-10-15(24(2)3)23-18-17(14)19(28)26(5)20(29)25(18)4/h6-10H,11H2,1-5H3,(H,21,23)(H,22,27). The van der Waals surface area contributed by atoms with Gasteiger partial charge in [-0.3, -0.25) is 18.7 Å². The van der Waals surface area contributed by atoms with Crippen molar-refractivity contribution in [2.45, 2.75) is 6.92 Å². The van der Waals surface area contributed by atoms with Gasteiger partial charge >= 0.3 is 5.69 Å². The van der Waals surface area contributed by atoms with Crippen molar-refractivity contribution in [1.29, 1.82) is 0 Å². The normalized spacial score (nSPS) is 10.8. The predicted molar refractivity (Wildman–Crippen MR) is 115 cm³/mol. The van der Waals surface area contributed by atoms with E-state index in [0.29, 0.717) is 11.5 Å². The van der Waals surface area contributed by atoms with Crippen LogP contribution in [0.4, 0.5) is 17.2 Å².